The molecule has 46 heavy (non-hydrogen) atoms. The van der Waals surface area contributed by atoms with Gasteiger partial charge in [-0.15, -0.1) is 0 Å². The van der Waals surface area contributed by atoms with Gasteiger partial charge < -0.3 is 25.0 Å². The molecule has 1 aliphatic rings. The van der Waals surface area contributed by atoms with Crippen molar-refractivity contribution in [3.05, 3.63) is 137 Å². The summed E-state index contributed by atoms with van der Waals surface area (Å²) in [4.78, 5) is 23.8. The van der Waals surface area contributed by atoms with Gasteiger partial charge in [0, 0.05) is 30.3 Å². The van der Waals surface area contributed by atoms with E-state index in [0.717, 1.165) is 27.8 Å². The van der Waals surface area contributed by atoms with Crippen LogP contribution in [0.1, 0.15) is 64.6 Å². The molecule has 1 amide bonds. The molecule has 0 saturated carbocycles. The number of para-hydroxylation sites is 2. The number of rotatable bonds is 10. The van der Waals surface area contributed by atoms with Crippen LogP contribution >= 0.6 is 0 Å². The van der Waals surface area contributed by atoms with Gasteiger partial charge in [0.1, 0.15) is 5.69 Å². The highest BCUT2D eigenvalue weighted by Crippen LogP contribution is 2.38. The van der Waals surface area contributed by atoms with E-state index >= 15 is 0 Å². The molecule has 9 nitrogen and oxygen atoms in total. The first-order chi connectivity index (χ1) is 22.4. The molecule has 2 heterocycles. The van der Waals surface area contributed by atoms with Crippen LogP contribution in [0.3, 0.4) is 0 Å². The summed E-state index contributed by atoms with van der Waals surface area (Å²) in [6.45, 7) is 2.57. The van der Waals surface area contributed by atoms with E-state index in [2.05, 4.69) is 20.2 Å². The number of aliphatic hydroxyl groups excluding tert-OH is 2. The molecule has 0 spiro atoms. The number of aromatic nitrogens is 2. The summed E-state index contributed by atoms with van der Waals surface area (Å²) in [6, 6.07) is 32.1. The molecular formula is C37H38N4O5. The highest BCUT2D eigenvalue weighted by Gasteiger charge is 2.34. The van der Waals surface area contributed by atoms with Crippen LogP contribution in [0.5, 0.6) is 0 Å². The summed E-state index contributed by atoms with van der Waals surface area (Å²) in [5.74, 6) is -0.350. The van der Waals surface area contributed by atoms with E-state index in [1.807, 2.05) is 117 Å². The summed E-state index contributed by atoms with van der Waals surface area (Å²) in [7, 11) is 1.99. The third kappa shape index (κ3) is 7.31. The summed E-state index contributed by atoms with van der Waals surface area (Å²) in [5, 5.41) is 23.5. The second-order valence-electron chi connectivity index (χ2n) is 11.7. The molecule has 5 aromatic rings. The number of aliphatic hydroxyl groups is 2. The molecule has 236 valence electrons. The van der Waals surface area contributed by atoms with E-state index in [-0.39, 0.29) is 36.5 Å². The van der Waals surface area contributed by atoms with Crippen LogP contribution in [0.25, 0.3) is 11.0 Å². The first-order valence-corrected chi connectivity index (χ1v) is 15.4. The molecule has 1 aliphatic heterocycles. The van der Waals surface area contributed by atoms with Crippen molar-refractivity contribution in [1.29, 1.82) is 0 Å². The first-order valence-electron chi connectivity index (χ1n) is 15.4. The average Bonchev–Trinajstić information content (AvgIpc) is 3.11. The maximum Gasteiger partial charge on any atom is 0.275 e. The zero-order chi connectivity index (χ0) is 32.0. The Morgan fingerprint density at radius 1 is 0.913 bits per heavy atom. The highest BCUT2D eigenvalue weighted by atomic mass is 16.7. The molecule has 9 heteroatoms. The number of amides is 1. The molecule has 4 aromatic carbocycles. The predicted molar refractivity (Wildman–Crippen MR) is 176 cm³/mol. The molecule has 0 bridgehead atoms. The number of carbonyl (C=O) groups is 1. The van der Waals surface area contributed by atoms with E-state index < -0.39 is 12.4 Å². The van der Waals surface area contributed by atoms with Crippen molar-refractivity contribution < 1.29 is 24.5 Å². The Hall–Kier alpha value is -4.51. The number of carbonyl (C=O) groups excluding carboxylic acids is 1. The molecule has 1 fully saturated rings. The zero-order valence-corrected chi connectivity index (χ0v) is 25.9. The number of hydrogen-bond donors (Lipinski definition) is 3. The minimum absolute atomic E-state index is 0.0249. The third-order valence-corrected chi connectivity index (χ3v) is 8.52. The second kappa shape index (κ2) is 14.3. The van der Waals surface area contributed by atoms with Gasteiger partial charge in [-0.3, -0.25) is 14.7 Å². The number of nitrogens with one attached hydrogen (secondary N) is 1. The van der Waals surface area contributed by atoms with E-state index in [0.29, 0.717) is 24.2 Å². The van der Waals surface area contributed by atoms with Crippen LogP contribution in [0.15, 0.2) is 109 Å². The van der Waals surface area contributed by atoms with Crippen molar-refractivity contribution in [1.82, 2.24) is 14.9 Å². The zero-order valence-electron chi connectivity index (χ0n) is 25.9. The molecule has 0 aliphatic carbocycles. The summed E-state index contributed by atoms with van der Waals surface area (Å²) >= 11 is 0. The van der Waals surface area contributed by atoms with E-state index in [1.165, 1.54) is 6.20 Å². The van der Waals surface area contributed by atoms with Crippen molar-refractivity contribution >= 4 is 22.6 Å². The second-order valence-corrected chi connectivity index (χ2v) is 11.7. The van der Waals surface area contributed by atoms with Crippen LogP contribution in [-0.2, 0) is 16.1 Å². The minimum Gasteiger partial charge on any atom is -0.392 e. The lowest BCUT2D eigenvalue weighted by atomic mass is 9.98. The number of likely N-dealkylation sites (N-methyl/N-ethyl adjacent to an activating group) is 1. The predicted octanol–water partition coefficient (Wildman–Crippen LogP) is 5.97. The lowest BCUT2D eigenvalue weighted by Crippen LogP contribution is -2.43. The SMILES string of the molecule is C[C@@H]([C@H](O)c1ccccc1)N(C)C[C@@H]1C[C@H](c2ccc(CO)cc2)O[C@H](c2ccc(NC(=O)c3cnc4ccccc4n3)cc2)O1. The van der Waals surface area contributed by atoms with E-state index in [1.54, 1.807) is 0 Å². The van der Waals surface area contributed by atoms with E-state index in [4.69, 9.17) is 9.47 Å². The Labute approximate surface area is 268 Å². The summed E-state index contributed by atoms with van der Waals surface area (Å²) in [5.41, 5.74) is 5.73. The van der Waals surface area contributed by atoms with Gasteiger partial charge in [-0.1, -0.05) is 78.9 Å². The third-order valence-electron chi connectivity index (χ3n) is 8.52. The topological polar surface area (TPSA) is 117 Å². The molecular weight excluding hydrogens is 580 g/mol. The molecule has 0 radical (unpaired) electrons. The number of nitrogens with zero attached hydrogens (tertiary/aromatic N) is 3. The van der Waals surface area contributed by atoms with Crippen molar-refractivity contribution in [2.75, 3.05) is 18.9 Å². The standard InChI is InChI=1S/C37H38N4O5/c1-24(35(43)27-8-4-3-5-9-27)41(2)22-30-20-34(26-14-12-25(23-42)13-15-26)46-37(45-30)28-16-18-29(19-17-28)39-36(44)33-21-38-31-10-6-7-11-32(31)40-33/h3-19,21,24,30,34-35,37,42-43H,20,22-23H2,1-2H3,(H,39,44)/t24-,30-,34+,35-,37+/m0/s1. The fraction of sp³-hybridized carbons (Fsp3) is 0.270. The van der Waals surface area contributed by atoms with Gasteiger partial charge in [-0.05, 0) is 54.9 Å². The van der Waals surface area contributed by atoms with Crippen LogP contribution in [-0.4, -0.2) is 56.7 Å². The average molecular weight is 619 g/mol. The smallest absolute Gasteiger partial charge is 0.275 e. The van der Waals surface area contributed by atoms with Crippen LogP contribution in [0, 0.1) is 0 Å². The van der Waals surface area contributed by atoms with Gasteiger partial charge in [-0.2, -0.15) is 0 Å². The van der Waals surface area contributed by atoms with Crippen LogP contribution < -0.4 is 5.32 Å². The molecule has 3 N–H and O–H groups in total. The maximum atomic E-state index is 12.9. The number of anilines is 1. The van der Waals surface area contributed by atoms with Crippen molar-refractivity contribution in [3.8, 4) is 0 Å². The fourth-order valence-electron chi connectivity index (χ4n) is 5.68. The quantitative estimate of drug-likeness (QED) is 0.175. The summed E-state index contributed by atoms with van der Waals surface area (Å²) in [6.07, 6.45) is 0.355. The Bertz CT molecular complexity index is 1750. The number of ether oxygens (including phenoxy) is 2. The number of fused-ring (bicyclic) bond motifs is 1. The van der Waals surface area contributed by atoms with Gasteiger partial charge in [0.05, 0.1) is 42.1 Å². The maximum absolute atomic E-state index is 12.9. The van der Waals surface area contributed by atoms with Crippen LogP contribution in [0.4, 0.5) is 5.69 Å². The van der Waals surface area contributed by atoms with Crippen molar-refractivity contribution in [3.63, 3.8) is 0 Å². The monoisotopic (exact) mass is 618 g/mol. The van der Waals surface area contributed by atoms with Gasteiger partial charge in [0.25, 0.3) is 5.91 Å². The van der Waals surface area contributed by atoms with Crippen molar-refractivity contribution in [2.45, 2.75) is 50.6 Å². The Kier molecular flexibility index (Phi) is 9.77. The fourth-order valence-corrected chi connectivity index (χ4v) is 5.68. The Morgan fingerprint density at radius 2 is 1.59 bits per heavy atom. The van der Waals surface area contributed by atoms with E-state index in [9.17, 15) is 15.0 Å². The highest BCUT2D eigenvalue weighted by molar-refractivity contribution is 6.03. The molecule has 6 rings (SSSR count). The van der Waals surface area contributed by atoms with Gasteiger partial charge in [-0.25, -0.2) is 4.98 Å². The Balaban J connectivity index is 1.17. The van der Waals surface area contributed by atoms with Gasteiger partial charge in [0.15, 0.2) is 6.29 Å². The minimum atomic E-state index is -0.653. The molecule has 1 aromatic heterocycles. The summed E-state index contributed by atoms with van der Waals surface area (Å²) < 4.78 is 13.0. The molecule has 1 saturated heterocycles. The van der Waals surface area contributed by atoms with Gasteiger partial charge >= 0.3 is 0 Å². The molecule has 5 atom stereocenters. The number of benzene rings is 4. The lowest BCUT2D eigenvalue weighted by Gasteiger charge is -2.39. The normalized spacial score (nSPS) is 19.5. The van der Waals surface area contributed by atoms with Gasteiger partial charge in [0.2, 0.25) is 0 Å². The lowest BCUT2D eigenvalue weighted by molar-refractivity contribution is -0.253. The van der Waals surface area contributed by atoms with Crippen LogP contribution in [0.2, 0.25) is 0 Å². The first kappa shape index (κ1) is 31.5. The Morgan fingerprint density at radius 3 is 2.30 bits per heavy atom. The van der Waals surface area contributed by atoms with Crippen molar-refractivity contribution in [2.24, 2.45) is 0 Å². The number of hydrogen-bond acceptors (Lipinski definition) is 8. The molecule has 0 unspecified atom stereocenters. The largest absolute Gasteiger partial charge is 0.392 e.